The van der Waals surface area contributed by atoms with Crippen LogP contribution in [0.5, 0.6) is 0 Å². The van der Waals surface area contributed by atoms with E-state index in [1.807, 2.05) is 6.07 Å². The molecule has 0 radical (unpaired) electrons. The smallest absolute Gasteiger partial charge is 0.284 e. The fraction of sp³-hybridized carbons (Fsp3) is 0.444. The van der Waals surface area contributed by atoms with Crippen LogP contribution in [0.3, 0.4) is 0 Å². The number of hydrogen-bond donors (Lipinski definition) is 3. The molecule has 154 valence electrons. The van der Waals surface area contributed by atoms with Crippen molar-refractivity contribution in [2.75, 3.05) is 23.7 Å². The highest BCUT2D eigenvalue weighted by Crippen LogP contribution is 2.26. The molecule has 4 rings (SSSR count). The summed E-state index contributed by atoms with van der Waals surface area (Å²) >= 11 is 0. The van der Waals surface area contributed by atoms with Gasteiger partial charge in [-0.05, 0) is 38.4 Å². The summed E-state index contributed by atoms with van der Waals surface area (Å²) in [5.41, 5.74) is 0.626. The van der Waals surface area contributed by atoms with E-state index in [4.69, 9.17) is 0 Å². The Bertz CT molecular complexity index is 1040. The van der Waals surface area contributed by atoms with Crippen molar-refractivity contribution >= 4 is 23.1 Å². The molecular formula is C18H22F2N8O. The summed E-state index contributed by atoms with van der Waals surface area (Å²) in [6.07, 6.45) is 0.650. The second kappa shape index (κ2) is 7.74. The summed E-state index contributed by atoms with van der Waals surface area (Å²) in [6, 6.07) is 3.83. The largest absolute Gasteiger partial charge is 0.365 e. The van der Waals surface area contributed by atoms with E-state index in [1.54, 1.807) is 13.0 Å². The summed E-state index contributed by atoms with van der Waals surface area (Å²) in [4.78, 5) is 17.2. The van der Waals surface area contributed by atoms with Crippen molar-refractivity contribution < 1.29 is 13.6 Å². The lowest BCUT2D eigenvalue weighted by atomic mass is 10.1. The summed E-state index contributed by atoms with van der Waals surface area (Å²) in [6.45, 7) is 3.52. The molecule has 0 spiro atoms. The van der Waals surface area contributed by atoms with Crippen LogP contribution in [0.4, 0.5) is 20.3 Å². The number of imidazole rings is 1. The maximum Gasteiger partial charge on any atom is 0.284 e. The lowest BCUT2D eigenvalue weighted by Gasteiger charge is -2.24. The Morgan fingerprint density at radius 1 is 1.34 bits per heavy atom. The fourth-order valence-electron chi connectivity index (χ4n) is 3.51. The molecular weight excluding hydrogens is 382 g/mol. The number of alkyl halides is 2. The number of hydrogen-bond acceptors (Lipinski definition) is 6. The quantitative estimate of drug-likeness (QED) is 0.602. The molecule has 1 aliphatic rings. The number of nitrogens with one attached hydrogen (secondary N) is 3. The van der Waals surface area contributed by atoms with Crippen molar-refractivity contribution in [3.63, 3.8) is 0 Å². The van der Waals surface area contributed by atoms with E-state index in [0.717, 1.165) is 25.9 Å². The van der Waals surface area contributed by atoms with Crippen molar-refractivity contribution in [2.45, 2.75) is 32.2 Å². The number of aromatic nitrogens is 5. The molecule has 1 atom stereocenters. The first-order valence-electron chi connectivity index (χ1n) is 9.39. The van der Waals surface area contributed by atoms with Crippen LogP contribution >= 0.6 is 0 Å². The molecule has 11 heteroatoms. The van der Waals surface area contributed by atoms with Crippen LogP contribution in [-0.4, -0.2) is 49.4 Å². The number of carbonyl (C=O) groups excluding carboxylic acids is 1. The highest BCUT2D eigenvalue weighted by molar-refractivity contribution is 6.04. The standard InChI is InChI=1S/C18H22F2N8O/c1-10-16(18(29)24-12-9-27(2)26-15(12)17(19)20)28-14(22-10)6-5-13(25-28)23-11-4-3-7-21-8-11/h5-6,9,11,17,21H,3-4,7-8H2,1-2H3,(H,23,25)(H,24,29)/t11-/m1/s1. The van der Waals surface area contributed by atoms with Crippen LogP contribution in [0.1, 0.15) is 41.1 Å². The van der Waals surface area contributed by atoms with Gasteiger partial charge < -0.3 is 16.0 Å². The number of carbonyl (C=O) groups is 1. The molecule has 9 nitrogen and oxygen atoms in total. The molecule has 0 bridgehead atoms. The number of aryl methyl sites for hydroxylation is 2. The summed E-state index contributed by atoms with van der Waals surface area (Å²) in [5, 5.41) is 17.4. The first-order valence-corrected chi connectivity index (χ1v) is 9.39. The average Bonchev–Trinajstić information content (AvgIpc) is 3.21. The van der Waals surface area contributed by atoms with E-state index in [1.165, 1.54) is 22.4 Å². The fourth-order valence-corrected chi connectivity index (χ4v) is 3.51. The van der Waals surface area contributed by atoms with E-state index in [-0.39, 0.29) is 17.4 Å². The zero-order valence-electron chi connectivity index (χ0n) is 16.1. The Hall–Kier alpha value is -3.08. The third-order valence-electron chi connectivity index (χ3n) is 4.83. The summed E-state index contributed by atoms with van der Waals surface area (Å²) in [5.74, 6) is 0.0428. The monoisotopic (exact) mass is 404 g/mol. The van der Waals surface area contributed by atoms with E-state index in [2.05, 4.69) is 31.1 Å². The van der Waals surface area contributed by atoms with Crippen LogP contribution in [0, 0.1) is 6.92 Å². The molecule has 1 aliphatic heterocycles. The molecule has 0 saturated carbocycles. The van der Waals surface area contributed by atoms with Gasteiger partial charge in [-0.2, -0.15) is 5.10 Å². The Morgan fingerprint density at radius 3 is 2.90 bits per heavy atom. The normalized spacial score (nSPS) is 17.1. The Kier molecular flexibility index (Phi) is 5.14. The number of piperidine rings is 1. The topological polar surface area (TPSA) is 101 Å². The van der Waals surface area contributed by atoms with Crippen LogP contribution in [0.15, 0.2) is 18.3 Å². The molecule has 1 fully saturated rings. The lowest BCUT2D eigenvalue weighted by molar-refractivity contribution is 0.101. The number of nitrogens with zero attached hydrogens (tertiary/aromatic N) is 5. The van der Waals surface area contributed by atoms with Gasteiger partial charge in [0.25, 0.3) is 12.3 Å². The molecule has 3 aromatic rings. The number of fused-ring (bicyclic) bond motifs is 1. The second-order valence-electron chi connectivity index (χ2n) is 7.08. The second-order valence-corrected chi connectivity index (χ2v) is 7.08. The van der Waals surface area contributed by atoms with Crippen molar-refractivity contribution in [2.24, 2.45) is 7.05 Å². The van der Waals surface area contributed by atoms with E-state index < -0.39 is 18.0 Å². The zero-order chi connectivity index (χ0) is 20.5. The van der Waals surface area contributed by atoms with Crippen molar-refractivity contribution in [3.8, 4) is 0 Å². The molecule has 0 aliphatic carbocycles. The van der Waals surface area contributed by atoms with Crippen LogP contribution < -0.4 is 16.0 Å². The van der Waals surface area contributed by atoms with Gasteiger partial charge in [-0.1, -0.05) is 0 Å². The Labute approximate surface area is 165 Å². The molecule has 3 N–H and O–H groups in total. The van der Waals surface area contributed by atoms with Crippen molar-refractivity contribution in [1.29, 1.82) is 0 Å². The van der Waals surface area contributed by atoms with E-state index in [9.17, 15) is 13.6 Å². The van der Waals surface area contributed by atoms with E-state index >= 15 is 0 Å². The SMILES string of the molecule is Cc1nc2ccc(N[C@@H]3CCCNC3)nn2c1C(=O)Nc1cn(C)nc1C(F)F. The number of amides is 1. The molecule has 1 amide bonds. The molecule has 3 aromatic heterocycles. The third-order valence-corrected chi connectivity index (χ3v) is 4.83. The van der Waals surface area contributed by atoms with Gasteiger partial charge >= 0.3 is 0 Å². The highest BCUT2D eigenvalue weighted by atomic mass is 19.3. The lowest BCUT2D eigenvalue weighted by Crippen LogP contribution is -2.38. The Balaban J connectivity index is 1.63. The maximum atomic E-state index is 13.2. The predicted octanol–water partition coefficient (Wildman–Crippen LogP) is 2.13. The predicted molar refractivity (Wildman–Crippen MR) is 103 cm³/mol. The van der Waals surface area contributed by atoms with Gasteiger partial charge in [-0.15, -0.1) is 5.10 Å². The van der Waals surface area contributed by atoms with Crippen molar-refractivity contribution in [3.05, 3.63) is 35.4 Å². The first-order chi connectivity index (χ1) is 13.9. The van der Waals surface area contributed by atoms with Gasteiger partial charge in [-0.25, -0.2) is 18.3 Å². The third kappa shape index (κ3) is 3.90. The number of anilines is 2. The van der Waals surface area contributed by atoms with E-state index in [0.29, 0.717) is 17.2 Å². The van der Waals surface area contributed by atoms with Crippen LogP contribution in [-0.2, 0) is 7.05 Å². The molecule has 4 heterocycles. The first kappa shape index (κ1) is 19.2. The minimum atomic E-state index is -2.80. The summed E-state index contributed by atoms with van der Waals surface area (Å²) in [7, 11) is 1.51. The van der Waals surface area contributed by atoms with Crippen molar-refractivity contribution in [1.82, 2.24) is 29.7 Å². The number of halogens is 2. The van der Waals surface area contributed by atoms with Gasteiger partial charge in [0.15, 0.2) is 17.0 Å². The average molecular weight is 404 g/mol. The Morgan fingerprint density at radius 2 is 2.17 bits per heavy atom. The maximum absolute atomic E-state index is 13.2. The number of rotatable bonds is 5. The van der Waals surface area contributed by atoms with Gasteiger partial charge in [0.2, 0.25) is 0 Å². The minimum absolute atomic E-state index is 0.0376. The molecule has 0 unspecified atom stereocenters. The van der Waals surface area contributed by atoms with Crippen LogP contribution in [0.2, 0.25) is 0 Å². The molecule has 1 saturated heterocycles. The summed E-state index contributed by atoms with van der Waals surface area (Å²) < 4.78 is 29.0. The minimum Gasteiger partial charge on any atom is -0.365 e. The molecule has 29 heavy (non-hydrogen) atoms. The van der Waals surface area contributed by atoms with Gasteiger partial charge in [0.05, 0.1) is 11.4 Å². The van der Waals surface area contributed by atoms with Gasteiger partial charge in [0.1, 0.15) is 5.82 Å². The zero-order valence-corrected chi connectivity index (χ0v) is 16.1. The van der Waals surface area contributed by atoms with Crippen LogP contribution in [0.25, 0.3) is 5.65 Å². The van der Waals surface area contributed by atoms with Gasteiger partial charge in [0, 0.05) is 25.8 Å². The highest BCUT2D eigenvalue weighted by Gasteiger charge is 2.23. The van der Waals surface area contributed by atoms with Gasteiger partial charge in [-0.3, -0.25) is 9.48 Å². The molecule has 0 aromatic carbocycles.